The van der Waals surface area contributed by atoms with Gasteiger partial charge < -0.3 is 20.3 Å². The fraction of sp³-hybridized carbons (Fsp3) is 0.333. The lowest BCUT2D eigenvalue weighted by Gasteiger charge is -2.38. The Morgan fingerprint density at radius 1 is 1.18 bits per heavy atom. The predicted octanol–water partition coefficient (Wildman–Crippen LogP) is 3.59. The van der Waals surface area contributed by atoms with Crippen LogP contribution in [0.4, 0.5) is 11.6 Å². The van der Waals surface area contributed by atoms with Crippen LogP contribution in [0, 0.1) is 5.92 Å². The molecule has 0 radical (unpaired) electrons. The molecule has 9 nitrogen and oxygen atoms in total. The number of benzene rings is 1. The maximum atomic E-state index is 12.7. The molecular formula is C24H27N7O2. The van der Waals surface area contributed by atoms with E-state index in [-0.39, 0.29) is 11.8 Å². The van der Waals surface area contributed by atoms with Gasteiger partial charge >= 0.3 is 0 Å². The van der Waals surface area contributed by atoms with Gasteiger partial charge in [0, 0.05) is 25.4 Å². The van der Waals surface area contributed by atoms with Gasteiger partial charge in [-0.05, 0) is 56.9 Å². The van der Waals surface area contributed by atoms with Gasteiger partial charge in [-0.25, -0.2) is 9.97 Å². The van der Waals surface area contributed by atoms with E-state index >= 15 is 0 Å². The molecule has 5 rings (SSSR count). The van der Waals surface area contributed by atoms with Gasteiger partial charge in [-0.3, -0.25) is 9.89 Å². The number of aromatic nitrogens is 5. The first kappa shape index (κ1) is 21.1. The number of hydrogen-bond donors (Lipinski definition) is 4. The van der Waals surface area contributed by atoms with E-state index in [2.05, 4.69) is 35.4 Å². The molecule has 1 saturated heterocycles. The summed E-state index contributed by atoms with van der Waals surface area (Å²) in [5.74, 6) is 1.92. The van der Waals surface area contributed by atoms with E-state index in [1.807, 2.05) is 44.2 Å². The van der Waals surface area contributed by atoms with Crippen LogP contribution in [-0.4, -0.2) is 54.9 Å². The molecule has 9 heteroatoms. The van der Waals surface area contributed by atoms with Crippen molar-refractivity contribution in [1.29, 1.82) is 0 Å². The molecule has 4 aromatic rings. The lowest BCUT2D eigenvalue weighted by Crippen LogP contribution is -2.42. The fourth-order valence-corrected chi connectivity index (χ4v) is 4.30. The summed E-state index contributed by atoms with van der Waals surface area (Å²) in [6, 6.07) is 13.1. The van der Waals surface area contributed by atoms with Gasteiger partial charge in [-0.2, -0.15) is 5.10 Å². The Hall–Kier alpha value is -3.72. The number of carbonyl (C=O) groups is 1. The molecular weight excluding hydrogens is 418 g/mol. The van der Waals surface area contributed by atoms with Crippen molar-refractivity contribution in [2.24, 2.45) is 5.92 Å². The van der Waals surface area contributed by atoms with Crippen LogP contribution in [0.2, 0.25) is 0 Å². The Kier molecular flexibility index (Phi) is 5.33. The molecule has 1 aliphatic rings. The van der Waals surface area contributed by atoms with Crippen molar-refractivity contribution < 1.29 is 9.90 Å². The number of hydrogen-bond acceptors (Lipinski definition) is 6. The topological polar surface area (TPSA) is 123 Å². The number of para-hydroxylation sites is 2. The first-order valence-corrected chi connectivity index (χ1v) is 11.1. The van der Waals surface area contributed by atoms with E-state index in [0.29, 0.717) is 22.9 Å². The molecule has 1 amide bonds. The van der Waals surface area contributed by atoms with E-state index in [0.717, 1.165) is 42.8 Å². The highest BCUT2D eigenvalue weighted by atomic mass is 16.3. The zero-order valence-corrected chi connectivity index (χ0v) is 18.7. The maximum absolute atomic E-state index is 12.7. The van der Waals surface area contributed by atoms with Gasteiger partial charge in [0.25, 0.3) is 5.91 Å². The van der Waals surface area contributed by atoms with Crippen LogP contribution in [0.1, 0.15) is 37.0 Å². The van der Waals surface area contributed by atoms with Gasteiger partial charge in [0.05, 0.1) is 22.2 Å². The van der Waals surface area contributed by atoms with Crippen LogP contribution in [0.15, 0.2) is 48.7 Å². The van der Waals surface area contributed by atoms with E-state index < -0.39 is 5.60 Å². The number of aliphatic hydroxyl groups is 1. The third-order valence-electron chi connectivity index (χ3n) is 6.29. The summed E-state index contributed by atoms with van der Waals surface area (Å²) in [5, 5.41) is 20.1. The van der Waals surface area contributed by atoms with Crippen LogP contribution in [-0.2, 0) is 0 Å². The maximum Gasteiger partial charge on any atom is 0.258 e. The molecule has 1 aliphatic heterocycles. The number of anilines is 2. The van der Waals surface area contributed by atoms with E-state index in [9.17, 15) is 9.90 Å². The predicted molar refractivity (Wildman–Crippen MR) is 127 cm³/mol. The second-order valence-electron chi connectivity index (χ2n) is 9.04. The van der Waals surface area contributed by atoms with Crippen molar-refractivity contribution >= 4 is 28.6 Å². The molecule has 0 saturated carbocycles. The zero-order valence-electron chi connectivity index (χ0n) is 18.7. The van der Waals surface area contributed by atoms with Crippen LogP contribution < -0.4 is 10.2 Å². The van der Waals surface area contributed by atoms with Gasteiger partial charge in [0.15, 0.2) is 11.6 Å². The van der Waals surface area contributed by atoms with Crippen molar-refractivity contribution in [1.82, 2.24) is 25.1 Å². The lowest BCUT2D eigenvalue weighted by atomic mass is 9.83. The van der Waals surface area contributed by atoms with Gasteiger partial charge in [-0.1, -0.05) is 12.1 Å². The summed E-state index contributed by atoms with van der Waals surface area (Å²) in [7, 11) is 0. The summed E-state index contributed by atoms with van der Waals surface area (Å²) in [6.45, 7) is 5.42. The Morgan fingerprint density at radius 3 is 2.67 bits per heavy atom. The molecule has 33 heavy (non-hydrogen) atoms. The number of nitrogens with one attached hydrogen (secondary N) is 3. The van der Waals surface area contributed by atoms with Crippen molar-refractivity contribution in [3.8, 4) is 11.5 Å². The van der Waals surface area contributed by atoms with Gasteiger partial charge in [0.1, 0.15) is 11.5 Å². The van der Waals surface area contributed by atoms with Crippen LogP contribution in [0.5, 0.6) is 0 Å². The Labute approximate surface area is 191 Å². The molecule has 170 valence electrons. The van der Waals surface area contributed by atoms with E-state index in [1.54, 1.807) is 18.3 Å². The molecule has 1 aromatic carbocycles. The van der Waals surface area contributed by atoms with Crippen molar-refractivity contribution in [2.45, 2.75) is 32.3 Å². The average molecular weight is 446 g/mol. The molecule has 0 spiro atoms. The Bertz CT molecular complexity index is 1230. The quantitative estimate of drug-likeness (QED) is 0.372. The van der Waals surface area contributed by atoms with Crippen LogP contribution in [0.25, 0.3) is 22.6 Å². The molecule has 1 fully saturated rings. The number of fused-ring (bicyclic) bond motifs is 1. The number of aromatic amines is 2. The minimum atomic E-state index is -0.655. The number of piperidine rings is 1. The monoisotopic (exact) mass is 445 g/mol. The molecule has 3 aromatic heterocycles. The average Bonchev–Trinajstić information content (AvgIpc) is 3.45. The number of rotatable bonds is 5. The summed E-state index contributed by atoms with van der Waals surface area (Å²) in [6.07, 6.45) is 3.42. The third kappa shape index (κ3) is 4.45. The number of nitrogens with zero attached hydrogens (tertiary/aromatic N) is 4. The zero-order chi connectivity index (χ0) is 23.0. The summed E-state index contributed by atoms with van der Waals surface area (Å²) in [4.78, 5) is 27.1. The SMILES string of the molecule is CC(C)(O)C1CCN(c2ccc(C(=O)Nc3cc(-c4nc5ccccc5[nH]4)[nH]n3)cn2)CC1. The molecule has 0 atom stereocenters. The highest BCUT2D eigenvalue weighted by Crippen LogP contribution is 2.29. The lowest BCUT2D eigenvalue weighted by molar-refractivity contribution is 0.00645. The van der Waals surface area contributed by atoms with Gasteiger partial charge in [0.2, 0.25) is 0 Å². The highest BCUT2D eigenvalue weighted by molar-refractivity contribution is 6.03. The van der Waals surface area contributed by atoms with Crippen molar-refractivity contribution in [3.05, 3.63) is 54.2 Å². The third-order valence-corrected chi connectivity index (χ3v) is 6.29. The minimum Gasteiger partial charge on any atom is -0.390 e. The molecule has 4 heterocycles. The van der Waals surface area contributed by atoms with Crippen molar-refractivity contribution in [2.75, 3.05) is 23.3 Å². The van der Waals surface area contributed by atoms with Crippen molar-refractivity contribution in [3.63, 3.8) is 0 Å². The van der Waals surface area contributed by atoms with E-state index in [4.69, 9.17) is 0 Å². The Morgan fingerprint density at radius 2 is 1.97 bits per heavy atom. The second-order valence-corrected chi connectivity index (χ2v) is 9.04. The van der Waals surface area contributed by atoms with Crippen LogP contribution in [0.3, 0.4) is 0 Å². The minimum absolute atomic E-state index is 0.280. The molecule has 4 N–H and O–H groups in total. The Balaban J connectivity index is 1.22. The first-order valence-electron chi connectivity index (χ1n) is 11.1. The van der Waals surface area contributed by atoms with Gasteiger partial charge in [-0.15, -0.1) is 0 Å². The van der Waals surface area contributed by atoms with E-state index in [1.165, 1.54) is 0 Å². The summed E-state index contributed by atoms with van der Waals surface area (Å²) in [5.41, 5.74) is 2.28. The second kappa shape index (κ2) is 8.32. The first-order chi connectivity index (χ1) is 15.9. The largest absolute Gasteiger partial charge is 0.390 e. The molecule has 0 bridgehead atoms. The number of carbonyl (C=O) groups excluding carboxylic acids is 1. The normalized spacial score (nSPS) is 15.2. The fourth-order valence-electron chi connectivity index (χ4n) is 4.30. The number of amides is 1. The van der Waals surface area contributed by atoms with Crippen LogP contribution >= 0.6 is 0 Å². The number of pyridine rings is 1. The highest BCUT2D eigenvalue weighted by Gasteiger charge is 2.30. The summed E-state index contributed by atoms with van der Waals surface area (Å²) < 4.78 is 0. The molecule has 0 unspecified atom stereocenters. The smallest absolute Gasteiger partial charge is 0.258 e. The summed E-state index contributed by atoms with van der Waals surface area (Å²) >= 11 is 0. The molecule has 0 aliphatic carbocycles. The number of imidazole rings is 1. The number of H-pyrrole nitrogens is 2. The standard InChI is InChI=1S/C24H27N7O2/c1-24(2,33)16-9-11-31(12-10-16)21-8-7-15(14-25-21)23(32)28-20-13-19(29-30-20)22-26-17-5-3-4-6-18(17)27-22/h3-8,13-14,16,33H,9-12H2,1-2H3,(H,26,27)(H2,28,29,30,32).